The van der Waals surface area contributed by atoms with Gasteiger partial charge in [0.15, 0.2) is 17.2 Å². The van der Waals surface area contributed by atoms with Crippen LogP contribution in [0.25, 0.3) is 0 Å². The molecule has 0 saturated carbocycles. The minimum absolute atomic E-state index is 0.201. The number of nitrogens with zero attached hydrogens (tertiary/aromatic N) is 3. The van der Waals surface area contributed by atoms with Gasteiger partial charge in [0.25, 0.3) is 5.91 Å². The number of likely N-dealkylation sites (N-methyl/N-ethyl adjacent to an activating group) is 1. The van der Waals surface area contributed by atoms with Crippen molar-refractivity contribution in [2.45, 2.75) is 19.8 Å². The van der Waals surface area contributed by atoms with Crippen LogP contribution in [0.1, 0.15) is 25.3 Å². The minimum atomic E-state index is -0.289. The van der Waals surface area contributed by atoms with E-state index in [0.29, 0.717) is 28.7 Å². The van der Waals surface area contributed by atoms with Gasteiger partial charge >= 0.3 is 0 Å². The van der Waals surface area contributed by atoms with Crippen molar-refractivity contribution >= 4 is 17.5 Å². The lowest BCUT2D eigenvalue weighted by atomic mass is 10.1. The van der Waals surface area contributed by atoms with Crippen molar-refractivity contribution in [3.05, 3.63) is 40.9 Å². The maximum Gasteiger partial charge on any atom is 0.283 e. The van der Waals surface area contributed by atoms with Crippen LogP contribution in [0.15, 0.2) is 45.4 Å². The van der Waals surface area contributed by atoms with Gasteiger partial charge in [0, 0.05) is 12.6 Å². The van der Waals surface area contributed by atoms with Crippen molar-refractivity contribution in [2.24, 2.45) is 10.1 Å². The molecule has 0 radical (unpaired) electrons. The fourth-order valence-electron chi connectivity index (χ4n) is 2.73. The van der Waals surface area contributed by atoms with Crippen LogP contribution < -0.4 is 14.8 Å². The fraction of sp³-hybridized carbons (Fsp3) is 0.294. The molecule has 2 bridgehead atoms. The molecule has 7 nitrogen and oxygen atoms in total. The Hall–Kier alpha value is -3.05. The Morgan fingerprint density at radius 3 is 3.00 bits per heavy atom. The number of hydrazone groups is 1. The Kier molecular flexibility index (Phi) is 3.36. The maximum absolute atomic E-state index is 12.4. The molecule has 1 amide bonds. The lowest BCUT2D eigenvalue weighted by molar-refractivity contribution is -0.117. The molecular formula is C17H16N4O3. The highest BCUT2D eigenvalue weighted by atomic mass is 16.7. The summed E-state index contributed by atoms with van der Waals surface area (Å²) in [5.74, 6) is 1.49. The number of benzene rings is 1. The molecule has 3 heterocycles. The van der Waals surface area contributed by atoms with E-state index < -0.39 is 0 Å². The number of amides is 1. The molecule has 0 atom stereocenters. The van der Waals surface area contributed by atoms with Crippen LogP contribution in [0.3, 0.4) is 0 Å². The van der Waals surface area contributed by atoms with E-state index in [1.54, 1.807) is 12.1 Å². The standard InChI is InChI=1S/C17H16N4O3/c1-3-4-11-12-8-13(21(2)20-11)17(22)19-16(18-12)10-5-6-14-15(7-10)24-9-23-14/h5-7H,3-4,9H2,1-2H3,(H,18,19,22). The molecule has 0 spiro atoms. The van der Waals surface area contributed by atoms with Crippen molar-refractivity contribution in [1.29, 1.82) is 0 Å². The van der Waals surface area contributed by atoms with Gasteiger partial charge < -0.3 is 14.8 Å². The Morgan fingerprint density at radius 2 is 2.17 bits per heavy atom. The van der Waals surface area contributed by atoms with Crippen molar-refractivity contribution in [3.8, 4) is 11.5 Å². The summed E-state index contributed by atoms with van der Waals surface area (Å²) in [5, 5.41) is 8.83. The molecule has 122 valence electrons. The first-order chi connectivity index (χ1) is 11.7. The van der Waals surface area contributed by atoms with Gasteiger partial charge in [-0.1, -0.05) is 19.1 Å². The van der Waals surface area contributed by atoms with Gasteiger partial charge in [-0.2, -0.15) is 5.10 Å². The molecular weight excluding hydrogens is 308 g/mol. The van der Waals surface area contributed by atoms with E-state index in [0.717, 1.165) is 24.1 Å². The van der Waals surface area contributed by atoms with Gasteiger partial charge in [-0.3, -0.25) is 9.80 Å². The fourth-order valence-corrected chi connectivity index (χ4v) is 2.73. The average molecular weight is 324 g/mol. The van der Waals surface area contributed by atoms with Crippen LogP contribution in [0.5, 0.6) is 11.5 Å². The second-order valence-corrected chi connectivity index (χ2v) is 5.63. The second kappa shape index (κ2) is 5.54. The maximum atomic E-state index is 12.4. The van der Waals surface area contributed by atoms with E-state index in [4.69, 9.17) is 9.47 Å². The highest BCUT2D eigenvalue weighted by Gasteiger charge is 2.26. The summed E-state index contributed by atoms with van der Waals surface area (Å²) < 4.78 is 10.7. The smallest absolute Gasteiger partial charge is 0.283 e. The average Bonchev–Trinajstić information content (AvgIpc) is 2.97. The summed E-state index contributed by atoms with van der Waals surface area (Å²) in [6, 6.07) is 5.46. The molecule has 0 aliphatic carbocycles. The normalized spacial score (nSPS) is 18.2. The second-order valence-electron chi connectivity index (χ2n) is 5.63. The molecule has 0 fully saturated rings. The van der Waals surface area contributed by atoms with E-state index in [1.165, 1.54) is 0 Å². The van der Waals surface area contributed by atoms with Crippen LogP contribution >= 0.6 is 0 Å². The predicted molar refractivity (Wildman–Crippen MR) is 87.9 cm³/mol. The quantitative estimate of drug-likeness (QED) is 0.860. The lowest BCUT2D eigenvalue weighted by Crippen LogP contribution is -2.35. The van der Waals surface area contributed by atoms with Crippen LogP contribution in [-0.4, -0.2) is 36.3 Å². The van der Waals surface area contributed by atoms with Crippen LogP contribution in [0.2, 0.25) is 0 Å². The molecule has 1 N–H and O–H groups in total. The van der Waals surface area contributed by atoms with Crippen molar-refractivity contribution in [3.63, 3.8) is 0 Å². The van der Waals surface area contributed by atoms with E-state index >= 15 is 0 Å². The number of carbonyl (C=O) groups excluding carboxylic acids is 1. The molecule has 0 unspecified atom stereocenters. The monoisotopic (exact) mass is 324 g/mol. The third-order valence-electron chi connectivity index (χ3n) is 3.91. The van der Waals surface area contributed by atoms with Gasteiger partial charge in [-0.25, -0.2) is 4.99 Å². The third kappa shape index (κ3) is 2.35. The van der Waals surface area contributed by atoms with E-state index in [-0.39, 0.29) is 12.7 Å². The third-order valence-corrected chi connectivity index (χ3v) is 3.91. The number of nitrogens with one attached hydrogen (secondary N) is 1. The number of carbonyl (C=O) groups is 1. The van der Waals surface area contributed by atoms with Gasteiger partial charge in [0.2, 0.25) is 6.79 Å². The molecule has 1 aromatic carbocycles. The summed E-state index contributed by atoms with van der Waals surface area (Å²) in [6.07, 6.45) is 1.70. The number of ether oxygens (including phenoxy) is 2. The lowest BCUT2D eigenvalue weighted by Gasteiger charge is -2.18. The first-order valence-electron chi connectivity index (χ1n) is 7.78. The van der Waals surface area contributed by atoms with E-state index in [9.17, 15) is 4.79 Å². The minimum Gasteiger partial charge on any atom is -0.454 e. The number of aliphatic imine (C=N–C) groups is 1. The van der Waals surface area contributed by atoms with Crippen molar-refractivity contribution in [1.82, 2.24) is 10.3 Å². The highest BCUT2D eigenvalue weighted by Crippen LogP contribution is 2.33. The highest BCUT2D eigenvalue weighted by molar-refractivity contribution is 6.16. The molecule has 24 heavy (non-hydrogen) atoms. The van der Waals surface area contributed by atoms with Crippen LogP contribution in [0, 0.1) is 0 Å². The molecule has 3 aliphatic heterocycles. The summed E-state index contributed by atoms with van der Waals surface area (Å²) in [6.45, 7) is 2.28. The zero-order chi connectivity index (χ0) is 16.7. The summed E-state index contributed by atoms with van der Waals surface area (Å²) in [7, 11) is 1.74. The zero-order valence-electron chi connectivity index (χ0n) is 13.4. The van der Waals surface area contributed by atoms with Crippen LogP contribution in [0.4, 0.5) is 0 Å². The molecule has 3 aliphatic rings. The van der Waals surface area contributed by atoms with Crippen molar-refractivity contribution in [2.75, 3.05) is 13.8 Å². The molecule has 1 aromatic rings. The molecule has 7 heteroatoms. The summed E-state index contributed by atoms with van der Waals surface area (Å²) in [4.78, 5) is 17.0. The zero-order valence-corrected chi connectivity index (χ0v) is 13.4. The molecule has 0 saturated heterocycles. The number of fused-ring (bicyclic) bond motifs is 1. The SMILES string of the molecule is CCCC1=NN(C)C2=C=C1N=C(c1ccc3c(c1)OCO3)NC2=O. The van der Waals surface area contributed by atoms with Gasteiger partial charge in [0.1, 0.15) is 11.5 Å². The topological polar surface area (TPSA) is 75.5 Å². The molecule has 4 rings (SSSR count). The first-order valence-corrected chi connectivity index (χ1v) is 7.78. The van der Waals surface area contributed by atoms with Gasteiger partial charge in [-0.05, 0) is 24.6 Å². The van der Waals surface area contributed by atoms with Gasteiger partial charge in [-0.15, -0.1) is 0 Å². The summed E-state index contributed by atoms with van der Waals surface area (Å²) in [5.41, 5.74) is 5.58. The Morgan fingerprint density at radius 1 is 1.33 bits per heavy atom. The first kappa shape index (κ1) is 14.5. The number of hydrogen-bond donors (Lipinski definition) is 1. The molecule has 0 aromatic heterocycles. The van der Waals surface area contributed by atoms with E-state index in [2.05, 4.69) is 28.1 Å². The van der Waals surface area contributed by atoms with Crippen LogP contribution in [-0.2, 0) is 4.79 Å². The Bertz CT molecular complexity index is 863. The summed E-state index contributed by atoms with van der Waals surface area (Å²) >= 11 is 0. The number of hydrogen-bond acceptors (Lipinski definition) is 6. The van der Waals surface area contributed by atoms with E-state index in [1.807, 2.05) is 18.2 Å². The largest absolute Gasteiger partial charge is 0.454 e. The van der Waals surface area contributed by atoms with Crippen molar-refractivity contribution < 1.29 is 14.3 Å². The number of rotatable bonds is 3. The predicted octanol–water partition coefficient (Wildman–Crippen LogP) is 1.76. The Balaban J connectivity index is 1.78. The number of amidine groups is 1. The Labute approximate surface area is 139 Å². The van der Waals surface area contributed by atoms with Gasteiger partial charge in [0.05, 0.1) is 5.71 Å².